The molecule has 0 N–H and O–H groups in total. The van der Waals surface area contributed by atoms with Gasteiger partial charge in [0.2, 0.25) is 0 Å². The van der Waals surface area contributed by atoms with E-state index < -0.39 is 30.4 Å². The molecule has 1 fully saturated rings. The van der Waals surface area contributed by atoms with Gasteiger partial charge in [-0.05, 0) is 61.8 Å². The summed E-state index contributed by atoms with van der Waals surface area (Å²) in [4.78, 5) is 26.5. The number of hydrogen-bond acceptors (Lipinski definition) is 5. The van der Waals surface area contributed by atoms with Gasteiger partial charge in [0.25, 0.3) is 0 Å². The van der Waals surface area contributed by atoms with Crippen LogP contribution in [-0.2, 0) is 30.2 Å². The highest BCUT2D eigenvalue weighted by molar-refractivity contribution is 6.29. The van der Waals surface area contributed by atoms with Crippen molar-refractivity contribution in [3.8, 4) is 0 Å². The van der Waals surface area contributed by atoms with Gasteiger partial charge in [-0.1, -0.05) is 73.5 Å². The summed E-state index contributed by atoms with van der Waals surface area (Å²) in [5.74, 6) is -0.806. The molecule has 2 aromatic rings. The topological polar surface area (TPSA) is 61.8 Å². The van der Waals surface area contributed by atoms with Crippen LogP contribution in [0.25, 0.3) is 0 Å². The summed E-state index contributed by atoms with van der Waals surface area (Å²) < 4.78 is 18.2. The Morgan fingerprint density at radius 1 is 1.08 bits per heavy atom. The molecule has 36 heavy (non-hydrogen) atoms. The molecule has 0 radical (unpaired) electrons. The molecule has 2 aromatic carbocycles. The first-order valence-electron chi connectivity index (χ1n) is 12.6. The van der Waals surface area contributed by atoms with E-state index in [1.165, 1.54) is 0 Å². The van der Waals surface area contributed by atoms with Gasteiger partial charge in [-0.25, -0.2) is 0 Å². The second-order valence-corrected chi connectivity index (χ2v) is 10.8. The molecule has 0 aromatic heterocycles. The van der Waals surface area contributed by atoms with Crippen LogP contribution in [0.3, 0.4) is 0 Å². The highest BCUT2D eigenvalue weighted by Crippen LogP contribution is 2.42. The van der Waals surface area contributed by atoms with Crippen LogP contribution in [0.2, 0.25) is 0 Å². The summed E-state index contributed by atoms with van der Waals surface area (Å²) in [6.45, 7) is 10.1. The van der Waals surface area contributed by atoms with Gasteiger partial charge >= 0.3 is 5.97 Å². The number of carbonyl (C=O) groups is 2. The van der Waals surface area contributed by atoms with E-state index in [2.05, 4.69) is 31.2 Å². The van der Waals surface area contributed by atoms with Crippen LogP contribution >= 0.6 is 11.6 Å². The molecule has 192 valence electrons. The van der Waals surface area contributed by atoms with E-state index >= 15 is 0 Å². The third-order valence-corrected chi connectivity index (χ3v) is 7.29. The number of ether oxygens (including phenoxy) is 3. The lowest BCUT2D eigenvalue weighted by Crippen LogP contribution is -2.42. The van der Waals surface area contributed by atoms with Crippen LogP contribution in [0, 0.1) is 26.7 Å². The molecule has 1 spiro atoms. The third-order valence-electron chi connectivity index (χ3n) is 7.03. The number of fused-ring (bicyclic) bond motifs is 2. The highest BCUT2D eigenvalue weighted by atomic mass is 35.5. The summed E-state index contributed by atoms with van der Waals surface area (Å²) in [5.41, 5.74) is 4.83. The Bertz CT molecular complexity index is 1160. The van der Waals surface area contributed by atoms with Crippen molar-refractivity contribution in [3.63, 3.8) is 0 Å². The number of ketones is 1. The number of rotatable bonds is 2. The number of cyclic esters (lactones) is 1. The molecular formula is C30H35ClO5. The molecule has 4 rings (SSSR count). The maximum Gasteiger partial charge on any atom is 0.314 e. The predicted molar refractivity (Wildman–Crippen MR) is 140 cm³/mol. The molecule has 2 heterocycles. The first-order chi connectivity index (χ1) is 17.1. The molecule has 2 bridgehead atoms. The second-order valence-electron chi connectivity index (χ2n) is 10.3. The Morgan fingerprint density at radius 2 is 1.81 bits per heavy atom. The van der Waals surface area contributed by atoms with Gasteiger partial charge in [0, 0.05) is 17.0 Å². The van der Waals surface area contributed by atoms with Gasteiger partial charge in [0.05, 0.1) is 6.61 Å². The molecule has 0 amide bonds. The molecule has 0 unspecified atom stereocenters. The Morgan fingerprint density at radius 3 is 2.50 bits per heavy atom. The minimum absolute atomic E-state index is 0.0191. The molecule has 2 aliphatic heterocycles. The molecule has 6 heteroatoms. The first-order valence-corrected chi connectivity index (χ1v) is 13.0. The van der Waals surface area contributed by atoms with Crippen LogP contribution < -0.4 is 0 Å². The zero-order valence-electron chi connectivity index (χ0n) is 21.7. The van der Waals surface area contributed by atoms with Crippen LogP contribution in [0.15, 0.2) is 47.5 Å². The number of benzene rings is 2. The van der Waals surface area contributed by atoms with E-state index in [-0.39, 0.29) is 24.7 Å². The number of esters is 1. The lowest BCUT2D eigenvalue weighted by Gasteiger charge is -2.27. The maximum absolute atomic E-state index is 13.6. The van der Waals surface area contributed by atoms with Gasteiger partial charge in [0.15, 0.2) is 17.7 Å². The number of allylic oxidation sites excluding steroid dienone is 1. The Kier molecular flexibility index (Phi) is 8.03. The molecule has 5 nitrogen and oxygen atoms in total. The SMILES string of the molecule is CC[C@@H]1OC(=O)CC(=O)[C@]2(CO[C@@H](c3c(C)cc(C)cc3C)O2)C/C(Cl)=C/[C@@H](C)Cc2cccc1c2. The van der Waals surface area contributed by atoms with Crippen molar-refractivity contribution in [1.29, 1.82) is 0 Å². The summed E-state index contributed by atoms with van der Waals surface area (Å²) in [5, 5.41) is 0.519. The van der Waals surface area contributed by atoms with Crippen LogP contribution in [0.5, 0.6) is 0 Å². The number of hydrogen-bond donors (Lipinski definition) is 0. The molecule has 0 aliphatic carbocycles. The highest BCUT2D eigenvalue weighted by Gasteiger charge is 2.49. The van der Waals surface area contributed by atoms with E-state index in [1.54, 1.807) is 0 Å². The van der Waals surface area contributed by atoms with E-state index in [1.807, 2.05) is 45.9 Å². The monoisotopic (exact) mass is 510 g/mol. The minimum Gasteiger partial charge on any atom is -0.457 e. The lowest BCUT2D eigenvalue weighted by molar-refractivity contribution is -0.158. The van der Waals surface area contributed by atoms with Gasteiger partial charge in [-0.15, -0.1) is 0 Å². The normalized spacial score (nSPS) is 28.9. The third kappa shape index (κ3) is 5.74. The van der Waals surface area contributed by atoms with Gasteiger partial charge < -0.3 is 14.2 Å². The van der Waals surface area contributed by atoms with Crippen molar-refractivity contribution in [2.75, 3.05) is 6.61 Å². The standard InChI is InChI=1S/C30H35ClO5/c1-6-25-23-9-7-8-22(14-23)12-19(3)13-24(31)16-30(26(32)15-27(33)35-25)17-34-29(36-30)28-20(4)10-18(2)11-21(28)5/h7-11,13-14,19,25,29H,6,12,15-17H2,1-5H3/b24-13-/t19-,25-,29+,30+/m0/s1. The van der Waals surface area contributed by atoms with Crippen molar-refractivity contribution >= 4 is 23.4 Å². The fraction of sp³-hybridized carbons (Fsp3) is 0.467. The minimum atomic E-state index is -1.36. The number of halogens is 1. The van der Waals surface area contributed by atoms with Crippen LogP contribution in [-0.4, -0.2) is 24.0 Å². The fourth-order valence-corrected chi connectivity index (χ4v) is 5.83. The van der Waals surface area contributed by atoms with Crippen molar-refractivity contribution in [2.24, 2.45) is 5.92 Å². The van der Waals surface area contributed by atoms with Crippen molar-refractivity contribution < 1.29 is 23.8 Å². The molecule has 0 saturated carbocycles. The van der Waals surface area contributed by atoms with Gasteiger partial charge in [-0.3, -0.25) is 9.59 Å². The van der Waals surface area contributed by atoms with Crippen molar-refractivity contribution in [3.05, 3.63) is 80.9 Å². The van der Waals surface area contributed by atoms with E-state index in [0.29, 0.717) is 11.5 Å². The van der Waals surface area contributed by atoms with Crippen molar-refractivity contribution in [1.82, 2.24) is 0 Å². The van der Waals surface area contributed by atoms with Crippen molar-refractivity contribution in [2.45, 2.75) is 78.3 Å². The summed E-state index contributed by atoms with van der Waals surface area (Å²) >= 11 is 6.72. The van der Waals surface area contributed by atoms with E-state index in [9.17, 15) is 9.59 Å². The number of carbonyl (C=O) groups excluding carboxylic acids is 2. The molecular weight excluding hydrogens is 476 g/mol. The van der Waals surface area contributed by atoms with Crippen LogP contribution in [0.1, 0.15) is 78.9 Å². The average Bonchev–Trinajstić information content (AvgIpc) is 3.20. The second kappa shape index (κ2) is 10.9. The molecule has 2 aliphatic rings. The van der Waals surface area contributed by atoms with E-state index in [0.717, 1.165) is 39.8 Å². The first kappa shape index (κ1) is 26.6. The van der Waals surface area contributed by atoms with Gasteiger partial charge in [-0.2, -0.15) is 0 Å². The predicted octanol–water partition coefficient (Wildman–Crippen LogP) is 6.75. The molecule has 4 atom stereocenters. The number of Topliss-reactive ketones (excluding diaryl/α,β-unsaturated/α-hetero) is 1. The van der Waals surface area contributed by atoms with Gasteiger partial charge in [0.1, 0.15) is 12.5 Å². The quantitative estimate of drug-likeness (QED) is 0.330. The molecule has 1 saturated heterocycles. The lowest BCUT2D eigenvalue weighted by atomic mass is 9.90. The summed E-state index contributed by atoms with van der Waals surface area (Å²) in [7, 11) is 0. The fourth-order valence-electron chi connectivity index (χ4n) is 5.40. The Hall–Kier alpha value is -2.47. The Balaban J connectivity index is 1.68. The smallest absolute Gasteiger partial charge is 0.314 e. The zero-order valence-corrected chi connectivity index (χ0v) is 22.5. The largest absolute Gasteiger partial charge is 0.457 e. The zero-order chi connectivity index (χ0) is 26.0. The average molecular weight is 511 g/mol. The maximum atomic E-state index is 13.6. The summed E-state index contributed by atoms with van der Waals surface area (Å²) in [6.07, 6.45) is 1.98. The Labute approximate surface area is 218 Å². The number of aryl methyl sites for hydroxylation is 3. The summed E-state index contributed by atoms with van der Waals surface area (Å²) in [6, 6.07) is 12.2. The van der Waals surface area contributed by atoms with Crippen LogP contribution in [0.4, 0.5) is 0 Å². The van der Waals surface area contributed by atoms with E-state index in [4.69, 9.17) is 25.8 Å².